The lowest BCUT2D eigenvalue weighted by molar-refractivity contribution is -0.146. The first-order valence-corrected chi connectivity index (χ1v) is 7.73. The van der Waals surface area contributed by atoms with Gasteiger partial charge in [-0.1, -0.05) is 0 Å². The van der Waals surface area contributed by atoms with Crippen molar-refractivity contribution in [2.75, 3.05) is 32.6 Å². The fourth-order valence-corrected chi connectivity index (χ4v) is 3.38. The molecule has 0 aliphatic carbocycles. The van der Waals surface area contributed by atoms with Crippen molar-refractivity contribution in [1.29, 1.82) is 0 Å². The molecule has 0 amide bonds. The Morgan fingerprint density at radius 2 is 2.05 bits per heavy atom. The van der Waals surface area contributed by atoms with Crippen LogP contribution in [0.5, 0.6) is 0 Å². The lowest BCUT2D eigenvalue weighted by Crippen LogP contribution is -2.44. The molecule has 110 valence electrons. The molecule has 1 aliphatic heterocycles. The number of hydrogen-bond donors (Lipinski definition) is 0. The summed E-state index contributed by atoms with van der Waals surface area (Å²) in [6.45, 7) is 2.13. The predicted molar refractivity (Wildman–Crippen MR) is 66.7 cm³/mol. The molecule has 1 saturated heterocycles. The first-order chi connectivity index (χ1) is 8.90. The molecular formula is C11H19NO6S. The van der Waals surface area contributed by atoms with Gasteiger partial charge >= 0.3 is 11.9 Å². The van der Waals surface area contributed by atoms with Crippen LogP contribution in [-0.4, -0.2) is 57.2 Å². The quantitative estimate of drug-likeness (QED) is 0.650. The second-order valence-corrected chi connectivity index (χ2v) is 6.25. The van der Waals surface area contributed by atoms with E-state index < -0.39 is 33.6 Å². The molecule has 0 N–H and O–H groups in total. The minimum Gasteiger partial charge on any atom is -0.469 e. The van der Waals surface area contributed by atoms with Crippen molar-refractivity contribution in [1.82, 2.24) is 4.31 Å². The van der Waals surface area contributed by atoms with Crippen LogP contribution in [0.25, 0.3) is 0 Å². The van der Waals surface area contributed by atoms with Crippen molar-refractivity contribution < 1.29 is 27.5 Å². The average Bonchev–Trinajstić information content (AvgIpc) is 2.37. The summed E-state index contributed by atoms with van der Waals surface area (Å²) >= 11 is 0. The standard InChI is InChI=1S/C11H19NO6S/c1-3-18-10(13)8-19(15,16)12-6-4-5-9(7-12)11(14)17-2/h9H,3-8H2,1-2H3/t9-/m0/s1. The van der Waals surface area contributed by atoms with Gasteiger partial charge in [-0.2, -0.15) is 0 Å². The van der Waals surface area contributed by atoms with Crippen LogP contribution in [-0.2, 0) is 29.1 Å². The van der Waals surface area contributed by atoms with Gasteiger partial charge in [-0.05, 0) is 19.8 Å². The summed E-state index contributed by atoms with van der Waals surface area (Å²) in [5, 5.41) is 0. The van der Waals surface area contributed by atoms with E-state index in [0.29, 0.717) is 19.4 Å². The van der Waals surface area contributed by atoms with E-state index in [-0.39, 0.29) is 13.2 Å². The van der Waals surface area contributed by atoms with Gasteiger partial charge in [0.05, 0.1) is 19.6 Å². The molecule has 8 heteroatoms. The molecule has 1 heterocycles. The van der Waals surface area contributed by atoms with E-state index in [9.17, 15) is 18.0 Å². The van der Waals surface area contributed by atoms with Crippen LogP contribution in [0.15, 0.2) is 0 Å². The average molecular weight is 293 g/mol. The molecule has 0 aromatic heterocycles. The molecule has 1 aliphatic rings. The highest BCUT2D eigenvalue weighted by molar-refractivity contribution is 7.89. The van der Waals surface area contributed by atoms with Gasteiger partial charge in [-0.25, -0.2) is 12.7 Å². The fourth-order valence-electron chi connectivity index (χ4n) is 2.00. The maximum absolute atomic E-state index is 12.0. The highest BCUT2D eigenvalue weighted by atomic mass is 32.2. The monoisotopic (exact) mass is 293 g/mol. The molecule has 0 saturated carbocycles. The Morgan fingerprint density at radius 3 is 2.63 bits per heavy atom. The van der Waals surface area contributed by atoms with E-state index in [4.69, 9.17) is 0 Å². The molecule has 7 nitrogen and oxygen atoms in total. The van der Waals surface area contributed by atoms with Crippen LogP contribution >= 0.6 is 0 Å². The van der Waals surface area contributed by atoms with E-state index >= 15 is 0 Å². The molecule has 0 radical (unpaired) electrons. The first-order valence-electron chi connectivity index (χ1n) is 6.12. The summed E-state index contributed by atoms with van der Waals surface area (Å²) in [6.07, 6.45) is 1.17. The van der Waals surface area contributed by atoms with Gasteiger partial charge in [0.25, 0.3) is 0 Å². The number of piperidine rings is 1. The molecule has 1 atom stereocenters. The summed E-state index contributed by atoms with van der Waals surface area (Å²) in [5.74, 6) is -2.34. The van der Waals surface area contributed by atoms with Crippen molar-refractivity contribution >= 4 is 22.0 Å². The van der Waals surface area contributed by atoms with E-state index in [2.05, 4.69) is 9.47 Å². The lowest BCUT2D eigenvalue weighted by Gasteiger charge is -2.30. The fraction of sp³-hybridized carbons (Fsp3) is 0.818. The molecule has 0 spiro atoms. The zero-order chi connectivity index (χ0) is 14.5. The zero-order valence-electron chi connectivity index (χ0n) is 11.1. The topological polar surface area (TPSA) is 90.0 Å². The third-order valence-corrected chi connectivity index (χ3v) is 4.64. The normalized spacial score (nSPS) is 20.8. The Hall–Kier alpha value is -1.15. The number of nitrogens with zero attached hydrogens (tertiary/aromatic N) is 1. The lowest BCUT2D eigenvalue weighted by atomic mass is 10.0. The van der Waals surface area contributed by atoms with Crippen LogP contribution in [0.3, 0.4) is 0 Å². The third-order valence-electron chi connectivity index (χ3n) is 2.92. The van der Waals surface area contributed by atoms with Crippen molar-refractivity contribution in [3.8, 4) is 0 Å². The SMILES string of the molecule is CCOC(=O)CS(=O)(=O)N1CCC[C@H](C(=O)OC)C1. The van der Waals surface area contributed by atoms with Gasteiger partial charge in [-0.3, -0.25) is 9.59 Å². The Labute approximate surface area is 112 Å². The van der Waals surface area contributed by atoms with Crippen LogP contribution in [0.1, 0.15) is 19.8 Å². The zero-order valence-corrected chi connectivity index (χ0v) is 11.9. The van der Waals surface area contributed by atoms with E-state index in [1.165, 1.54) is 7.11 Å². The Balaban J connectivity index is 2.67. The Bertz CT molecular complexity index is 432. The van der Waals surface area contributed by atoms with Gasteiger partial charge in [0, 0.05) is 13.1 Å². The van der Waals surface area contributed by atoms with Crippen LogP contribution in [0, 0.1) is 5.92 Å². The second kappa shape index (κ2) is 6.85. The molecule has 0 aromatic carbocycles. The number of sulfonamides is 1. The number of hydrogen-bond acceptors (Lipinski definition) is 6. The summed E-state index contributed by atoms with van der Waals surface area (Å²) in [6, 6.07) is 0. The van der Waals surface area contributed by atoms with Crippen LogP contribution in [0.2, 0.25) is 0 Å². The van der Waals surface area contributed by atoms with Gasteiger partial charge in [-0.15, -0.1) is 0 Å². The maximum atomic E-state index is 12.0. The first kappa shape index (κ1) is 15.9. The molecule has 1 rings (SSSR count). The summed E-state index contributed by atoms with van der Waals surface area (Å²) < 4.78 is 34.4. The number of methoxy groups -OCH3 is 1. The van der Waals surface area contributed by atoms with Crippen LogP contribution in [0.4, 0.5) is 0 Å². The molecule has 0 bridgehead atoms. The van der Waals surface area contributed by atoms with Gasteiger partial charge in [0.2, 0.25) is 10.0 Å². The molecule has 19 heavy (non-hydrogen) atoms. The predicted octanol–water partition coefficient (Wildman–Crippen LogP) is -0.236. The van der Waals surface area contributed by atoms with Crippen molar-refractivity contribution in [3.63, 3.8) is 0 Å². The number of rotatable bonds is 5. The van der Waals surface area contributed by atoms with E-state index in [1.54, 1.807) is 6.92 Å². The highest BCUT2D eigenvalue weighted by Gasteiger charge is 2.34. The minimum atomic E-state index is -3.73. The highest BCUT2D eigenvalue weighted by Crippen LogP contribution is 2.20. The molecule has 0 unspecified atom stereocenters. The van der Waals surface area contributed by atoms with Crippen molar-refractivity contribution in [2.24, 2.45) is 5.92 Å². The molecule has 1 fully saturated rings. The minimum absolute atomic E-state index is 0.0639. The van der Waals surface area contributed by atoms with Gasteiger partial charge in [0.15, 0.2) is 5.75 Å². The summed E-state index contributed by atoms with van der Waals surface area (Å²) in [4.78, 5) is 22.7. The van der Waals surface area contributed by atoms with E-state index in [0.717, 1.165) is 4.31 Å². The van der Waals surface area contributed by atoms with Gasteiger partial charge < -0.3 is 9.47 Å². The number of esters is 2. The van der Waals surface area contributed by atoms with Crippen molar-refractivity contribution in [2.45, 2.75) is 19.8 Å². The molecular weight excluding hydrogens is 274 g/mol. The summed E-state index contributed by atoms with van der Waals surface area (Å²) in [7, 11) is -2.46. The second-order valence-electron chi connectivity index (χ2n) is 4.28. The van der Waals surface area contributed by atoms with Crippen LogP contribution < -0.4 is 0 Å². The smallest absolute Gasteiger partial charge is 0.322 e. The molecule has 0 aromatic rings. The Kier molecular flexibility index (Phi) is 5.74. The number of ether oxygens (including phenoxy) is 2. The third kappa shape index (κ3) is 4.46. The maximum Gasteiger partial charge on any atom is 0.322 e. The summed E-state index contributed by atoms with van der Waals surface area (Å²) in [5.41, 5.74) is 0. The number of carbonyl (C=O) groups excluding carboxylic acids is 2. The van der Waals surface area contributed by atoms with Crippen molar-refractivity contribution in [3.05, 3.63) is 0 Å². The Morgan fingerprint density at radius 1 is 1.37 bits per heavy atom. The van der Waals surface area contributed by atoms with Gasteiger partial charge in [0.1, 0.15) is 0 Å². The largest absolute Gasteiger partial charge is 0.469 e. The van der Waals surface area contributed by atoms with E-state index in [1.807, 2.05) is 0 Å². The number of carbonyl (C=O) groups is 2.